The third kappa shape index (κ3) is 4.27. The van der Waals surface area contributed by atoms with E-state index in [9.17, 15) is 4.79 Å². The van der Waals surface area contributed by atoms with Gasteiger partial charge in [0.15, 0.2) is 5.76 Å². The highest BCUT2D eigenvalue weighted by Crippen LogP contribution is 2.27. The molecular weight excluding hydrogens is 338 g/mol. The summed E-state index contributed by atoms with van der Waals surface area (Å²) in [6.07, 6.45) is 7.85. The number of aromatic nitrogens is 2. The predicted octanol–water partition coefficient (Wildman–Crippen LogP) is 3.01. The zero-order chi connectivity index (χ0) is 17.6. The number of piperidine rings is 1. The summed E-state index contributed by atoms with van der Waals surface area (Å²) in [7, 11) is 1.70. The molecule has 1 unspecified atom stereocenters. The van der Waals surface area contributed by atoms with Crippen LogP contribution in [0.4, 0.5) is 0 Å². The van der Waals surface area contributed by atoms with Gasteiger partial charge in [-0.3, -0.25) is 4.79 Å². The van der Waals surface area contributed by atoms with Gasteiger partial charge in [0.25, 0.3) is 5.91 Å². The number of hydrogen-bond donors (Lipinski definition) is 0. The molecule has 136 valence electrons. The first-order chi connectivity index (χ1) is 12.2. The molecule has 0 aliphatic carbocycles. The molecule has 0 spiro atoms. The lowest BCUT2D eigenvalue weighted by molar-refractivity contribution is 0.0669. The Labute approximate surface area is 152 Å². The van der Waals surface area contributed by atoms with E-state index in [0.717, 1.165) is 43.3 Å². The normalized spacial score (nSPS) is 17.8. The Bertz CT molecular complexity index is 697. The topological polar surface area (TPSA) is 60.5 Å². The fourth-order valence-corrected chi connectivity index (χ4v) is 3.74. The molecule has 1 aliphatic rings. The molecule has 25 heavy (non-hydrogen) atoms. The molecule has 0 bridgehead atoms. The molecule has 0 saturated carbocycles. The monoisotopic (exact) mass is 363 g/mol. The Hall–Kier alpha value is -1.73. The van der Waals surface area contributed by atoms with Gasteiger partial charge in [-0.15, -0.1) is 0 Å². The number of imidazole rings is 1. The summed E-state index contributed by atoms with van der Waals surface area (Å²) in [5, 5.41) is 0. The molecule has 0 N–H and O–H groups in total. The maximum atomic E-state index is 12.8. The fourth-order valence-electron chi connectivity index (χ4n) is 3.30. The van der Waals surface area contributed by atoms with Crippen LogP contribution >= 0.6 is 11.8 Å². The molecular formula is C18H25N3O3S. The van der Waals surface area contributed by atoms with E-state index in [1.54, 1.807) is 24.9 Å². The van der Waals surface area contributed by atoms with Crippen LogP contribution in [0.3, 0.4) is 0 Å². The molecule has 6 nitrogen and oxygen atoms in total. The molecule has 3 rings (SSSR count). The van der Waals surface area contributed by atoms with Crippen molar-refractivity contribution in [2.75, 3.05) is 33.1 Å². The van der Waals surface area contributed by atoms with Gasteiger partial charge in [-0.05, 0) is 31.2 Å². The van der Waals surface area contributed by atoms with Gasteiger partial charge >= 0.3 is 0 Å². The summed E-state index contributed by atoms with van der Waals surface area (Å²) in [6.45, 7) is 2.89. The van der Waals surface area contributed by atoms with E-state index in [4.69, 9.17) is 9.15 Å². The maximum absolute atomic E-state index is 12.8. The first-order valence-electron chi connectivity index (χ1n) is 8.59. The number of nitrogens with zero attached hydrogens (tertiary/aromatic N) is 3. The highest BCUT2D eigenvalue weighted by Gasteiger charge is 2.29. The van der Waals surface area contributed by atoms with Gasteiger partial charge in [0.1, 0.15) is 11.6 Å². The average molecular weight is 363 g/mol. The Balaban J connectivity index is 1.68. The molecule has 1 fully saturated rings. The van der Waals surface area contributed by atoms with Crippen molar-refractivity contribution in [2.45, 2.75) is 31.1 Å². The van der Waals surface area contributed by atoms with E-state index in [0.29, 0.717) is 18.9 Å². The van der Waals surface area contributed by atoms with Crippen molar-refractivity contribution < 1.29 is 13.9 Å². The van der Waals surface area contributed by atoms with Gasteiger partial charge in [0, 0.05) is 45.1 Å². The third-order valence-corrected chi connectivity index (χ3v) is 5.09. The van der Waals surface area contributed by atoms with Crippen LogP contribution in [0.2, 0.25) is 0 Å². The predicted molar refractivity (Wildman–Crippen MR) is 97.9 cm³/mol. The molecule has 1 aliphatic heterocycles. The second-order valence-electron chi connectivity index (χ2n) is 6.26. The summed E-state index contributed by atoms with van der Waals surface area (Å²) >= 11 is 1.68. The number of furan rings is 1. The SMILES string of the molecule is COCCn1ccnc1C1CCCN(C(=O)c2ccc(CSC)o2)C1. The standard InChI is InChI=1S/C18H25N3O3S/c1-23-11-10-20-9-7-19-17(20)14-4-3-8-21(12-14)18(22)16-6-5-15(24-16)13-25-2/h5-7,9,14H,3-4,8,10-13H2,1-2H3. The third-order valence-electron chi connectivity index (χ3n) is 4.52. The smallest absolute Gasteiger partial charge is 0.289 e. The van der Waals surface area contributed by atoms with Crippen molar-refractivity contribution >= 4 is 17.7 Å². The lowest BCUT2D eigenvalue weighted by atomic mass is 9.97. The van der Waals surface area contributed by atoms with Crippen molar-refractivity contribution in [2.24, 2.45) is 0 Å². The van der Waals surface area contributed by atoms with E-state index < -0.39 is 0 Å². The summed E-state index contributed by atoms with van der Waals surface area (Å²) in [6, 6.07) is 3.68. The highest BCUT2D eigenvalue weighted by molar-refractivity contribution is 7.97. The van der Waals surface area contributed by atoms with Crippen LogP contribution in [0.15, 0.2) is 28.9 Å². The fraction of sp³-hybridized carbons (Fsp3) is 0.556. The van der Waals surface area contributed by atoms with E-state index in [-0.39, 0.29) is 11.8 Å². The van der Waals surface area contributed by atoms with Crippen molar-refractivity contribution in [3.8, 4) is 0 Å². The molecule has 2 aromatic heterocycles. The number of methoxy groups -OCH3 is 1. The number of amides is 1. The first-order valence-corrected chi connectivity index (χ1v) is 9.99. The Morgan fingerprint density at radius 2 is 2.36 bits per heavy atom. The summed E-state index contributed by atoms with van der Waals surface area (Å²) in [5.41, 5.74) is 0. The van der Waals surface area contributed by atoms with Crippen LogP contribution in [0, 0.1) is 0 Å². The van der Waals surface area contributed by atoms with Gasteiger partial charge in [-0.1, -0.05) is 0 Å². The largest absolute Gasteiger partial charge is 0.455 e. The molecule has 3 heterocycles. The van der Waals surface area contributed by atoms with E-state index >= 15 is 0 Å². The molecule has 1 saturated heterocycles. The van der Waals surface area contributed by atoms with E-state index in [1.165, 1.54) is 0 Å². The second kappa shape index (κ2) is 8.58. The van der Waals surface area contributed by atoms with Crippen molar-refractivity contribution in [1.82, 2.24) is 14.5 Å². The number of carbonyl (C=O) groups is 1. The molecule has 7 heteroatoms. The van der Waals surface area contributed by atoms with Crippen LogP contribution < -0.4 is 0 Å². The number of rotatable bonds is 7. The first kappa shape index (κ1) is 18.1. The number of thioether (sulfide) groups is 1. The van der Waals surface area contributed by atoms with Gasteiger partial charge in [-0.2, -0.15) is 11.8 Å². The minimum Gasteiger partial charge on any atom is -0.455 e. The number of ether oxygens (including phenoxy) is 1. The zero-order valence-corrected chi connectivity index (χ0v) is 15.6. The van der Waals surface area contributed by atoms with Gasteiger partial charge in [0.05, 0.1) is 12.4 Å². The van der Waals surface area contributed by atoms with Gasteiger partial charge in [0.2, 0.25) is 0 Å². The van der Waals surface area contributed by atoms with Crippen LogP contribution in [0.25, 0.3) is 0 Å². The quantitative estimate of drug-likeness (QED) is 0.757. The van der Waals surface area contributed by atoms with Crippen molar-refractivity contribution in [3.63, 3.8) is 0 Å². The molecule has 1 amide bonds. The molecule has 0 aromatic carbocycles. The maximum Gasteiger partial charge on any atom is 0.289 e. The van der Waals surface area contributed by atoms with E-state index in [1.807, 2.05) is 29.6 Å². The van der Waals surface area contributed by atoms with Crippen molar-refractivity contribution in [3.05, 3.63) is 41.9 Å². The van der Waals surface area contributed by atoms with Crippen LogP contribution in [-0.4, -0.2) is 53.4 Å². The van der Waals surface area contributed by atoms with Crippen LogP contribution in [-0.2, 0) is 17.0 Å². The molecule has 1 atom stereocenters. The Morgan fingerprint density at radius 1 is 1.48 bits per heavy atom. The zero-order valence-electron chi connectivity index (χ0n) is 14.8. The number of carbonyl (C=O) groups excluding carboxylic acids is 1. The molecule has 2 aromatic rings. The van der Waals surface area contributed by atoms with Crippen molar-refractivity contribution in [1.29, 1.82) is 0 Å². The number of hydrogen-bond acceptors (Lipinski definition) is 5. The highest BCUT2D eigenvalue weighted by atomic mass is 32.2. The van der Waals surface area contributed by atoms with Crippen LogP contribution in [0.1, 0.15) is 40.9 Å². The Morgan fingerprint density at radius 3 is 3.16 bits per heavy atom. The summed E-state index contributed by atoms with van der Waals surface area (Å²) in [5.74, 6) is 3.34. The lowest BCUT2D eigenvalue weighted by Gasteiger charge is -2.32. The minimum absolute atomic E-state index is 0.0212. The number of likely N-dealkylation sites (tertiary alicyclic amines) is 1. The lowest BCUT2D eigenvalue weighted by Crippen LogP contribution is -2.39. The van der Waals surface area contributed by atoms with Gasteiger partial charge in [-0.25, -0.2) is 4.98 Å². The Kier molecular flexibility index (Phi) is 6.20. The second-order valence-corrected chi connectivity index (χ2v) is 7.13. The molecule has 0 radical (unpaired) electrons. The average Bonchev–Trinajstić information content (AvgIpc) is 3.29. The summed E-state index contributed by atoms with van der Waals surface area (Å²) < 4.78 is 13.0. The minimum atomic E-state index is -0.0212. The van der Waals surface area contributed by atoms with E-state index in [2.05, 4.69) is 9.55 Å². The van der Waals surface area contributed by atoms with Gasteiger partial charge < -0.3 is 18.6 Å². The summed E-state index contributed by atoms with van der Waals surface area (Å²) in [4.78, 5) is 19.2. The van der Waals surface area contributed by atoms with Crippen LogP contribution in [0.5, 0.6) is 0 Å².